The number of aryl methyl sites for hydroxylation is 1. The summed E-state index contributed by atoms with van der Waals surface area (Å²) in [6.07, 6.45) is 0. The molecule has 22 heavy (non-hydrogen) atoms. The van der Waals surface area contributed by atoms with Gasteiger partial charge < -0.3 is 0 Å². The van der Waals surface area contributed by atoms with E-state index in [1.807, 2.05) is 32.9 Å². The van der Waals surface area contributed by atoms with E-state index < -0.39 is 17.9 Å². The Balaban J connectivity index is 2.27. The normalized spacial score (nSPS) is 17.0. The summed E-state index contributed by atoms with van der Waals surface area (Å²) < 4.78 is 0. The van der Waals surface area contributed by atoms with E-state index in [4.69, 9.17) is 12.2 Å². The van der Waals surface area contributed by atoms with E-state index in [1.165, 1.54) is 9.80 Å². The SMILES string of the molecule is CCN1C(=O)C(N=Nc2ccc(C)cc2)C(=O)N(CC)C1=S. The number of hydrogen-bond donors (Lipinski definition) is 0. The molecule has 0 atom stereocenters. The molecule has 1 aliphatic rings. The Morgan fingerprint density at radius 3 is 2.00 bits per heavy atom. The van der Waals surface area contributed by atoms with Gasteiger partial charge in [-0.25, -0.2) is 0 Å². The molecule has 0 bridgehead atoms. The molecule has 0 aliphatic carbocycles. The van der Waals surface area contributed by atoms with E-state index in [0.717, 1.165) is 5.56 Å². The fourth-order valence-corrected chi connectivity index (χ4v) is 2.59. The van der Waals surface area contributed by atoms with Gasteiger partial charge in [-0.1, -0.05) is 17.7 Å². The molecular formula is C15H18N4O2S. The topological polar surface area (TPSA) is 65.3 Å². The average molecular weight is 318 g/mol. The average Bonchev–Trinajstić information content (AvgIpc) is 2.50. The first-order chi connectivity index (χ1) is 10.5. The van der Waals surface area contributed by atoms with Crippen molar-refractivity contribution in [2.45, 2.75) is 26.8 Å². The lowest BCUT2D eigenvalue weighted by atomic mass is 10.2. The summed E-state index contributed by atoms with van der Waals surface area (Å²) in [5.41, 5.74) is 1.70. The summed E-state index contributed by atoms with van der Waals surface area (Å²) in [5, 5.41) is 8.22. The van der Waals surface area contributed by atoms with Crippen LogP contribution in [0.3, 0.4) is 0 Å². The van der Waals surface area contributed by atoms with Crippen molar-refractivity contribution in [1.29, 1.82) is 0 Å². The highest BCUT2D eigenvalue weighted by molar-refractivity contribution is 7.80. The van der Waals surface area contributed by atoms with Crippen molar-refractivity contribution in [1.82, 2.24) is 9.80 Å². The second-order valence-electron chi connectivity index (χ2n) is 4.90. The molecule has 6 nitrogen and oxygen atoms in total. The number of carbonyl (C=O) groups excluding carboxylic acids is 2. The summed E-state index contributed by atoms with van der Waals surface area (Å²) in [4.78, 5) is 27.5. The van der Waals surface area contributed by atoms with Crippen molar-refractivity contribution < 1.29 is 9.59 Å². The number of carbonyl (C=O) groups is 2. The van der Waals surface area contributed by atoms with Crippen LogP contribution in [0.1, 0.15) is 19.4 Å². The van der Waals surface area contributed by atoms with E-state index in [-0.39, 0.29) is 5.11 Å². The van der Waals surface area contributed by atoms with E-state index in [2.05, 4.69) is 10.2 Å². The molecule has 0 aromatic heterocycles. The Hall–Kier alpha value is -2.15. The summed E-state index contributed by atoms with van der Waals surface area (Å²) in [7, 11) is 0. The van der Waals surface area contributed by atoms with Crippen LogP contribution in [-0.2, 0) is 9.59 Å². The van der Waals surface area contributed by atoms with E-state index >= 15 is 0 Å². The Kier molecular flexibility index (Phi) is 4.97. The van der Waals surface area contributed by atoms with E-state index in [9.17, 15) is 9.59 Å². The van der Waals surface area contributed by atoms with Crippen LogP contribution in [0, 0.1) is 6.92 Å². The van der Waals surface area contributed by atoms with Gasteiger partial charge in [-0.3, -0.25) is 19.4 Å². The summed E-state index contributed by atoms with van der Waals surface area (Å²) >= 11 is 5.18. The van der Waals surface area contributed by atoms with Crippen LogP contribution in [0.4, 0.5) is 5.69 Å². The van der Waals surface area contributed by atoms with Gasteiger partial charge in [0.1, 0.15) is 0 Å². The van der Waals surface area contributed by atoms with Gasteiger partial charge in [0.05, 0.1) is 5.69 Å². The van der Waals surface area contributed by atoms with Gasteiger partial charge in [0.25, 0.3) is 11.8 Å². The van der Waals surface area contributed by atoms with E-state index in [0.29, 0.717) is 18.8 Å². The Morgan fingerprint density at radius 2 is 1.55 bits per heavy atom. The molecule has 0 unspecified atom stereocenters. The van der Waals surface area contributed by atoms with Crippen molar-refractivity contribution in [3.8, 4) is 0 Å². The number of azo groups is 1. The lowest BCUT2D eigenvalue weighted by Gasteiger charge is -2.36. The first kappa shape index (κ1) is 16.2. The summed E-state index contributed by atoms with van der Waals surface area (Å²) in [5.74, 6) is -0.837. The molecule has 2 amide bonds. The quantitative estimate of drug-likeness (QED) is 0.486. The van der Waals surface area contributed by atoms with Crippen molar-refractivity contribution in [3.63, 3.8) is 0 Å². The molecule has 0 radical (unpaired) electrons. The first-order valence-corrected chi connectivity index (χ1v) is 7.54. The Labute approximate surface area is 134 Å². The van der Waals surface area contributed by atoms with Crippen LogP contribution in [0.5, 0.6) is 0 Å². The van der Waals surface area contributed by atoms with Gasteiger partial charge in [0.2, 0.25) is 6.04 Å². The highest BCUT2D eigenvalue weighted by Gasteiger charge is 2.42. The minimum Gasteiger partial charge on any atom is -0.287 e. The van der Waals surface area contributed by atoms with Crippen molar-refractivity contribution >= 4 is 34.8 Å². The summed E-state index contributed by atoms with van der Waals surface area (Å²) in [6, 6.07) is 6.20. The monoisotopic (exact) mass is 318 g/mol. The molecule has 0 spiro atoms. The van der Waals surface area contributed by atoms with Gasteiger partial charge in [-0.15, -0.1) is 0 Å². The molecule has 1 fully saturated rings. The van der Waals surface area contributed by atoms with Crippen molar-refractivity contribution in [2.75, 3.05) is 13.1 Å². The first-order valence-electron chi connectivity index (χ1n) is 7.13. The van der Waals surface area contributed by atoms with Crippen LogP contribution in [0.25, 0.3) is 0 Å². The molecule has 2 rings (SSSR count). The fourth-order valence-electron chi connectivity index (χ4n) is 2.15. The molecule has 1 aromatic rings. The van der Waals surface area contributed by atoms with Gasteiger partial charge in [0.15, 0.2) is 5.11 Å². The number of likely N-dealkylation sites (N-methyl/N-ethyl adjacent to an activating group) is 2. The molecule has 1 aliphatic heterocycles. The van der Waals surface area contributed by atoms with Crippen LogP contribution >= 0.6 is 12.2 Å². The van der Waals surface area contributed by atoms with Crippen LogP contribution in [-0.4, -0.2) is 45.9 Å². The van der Waals surface area contributed by atoms with E-state index in [1.54, 1.807) is 12.1 Å². The highest BCUT2D eigenvalue weighted by atomic mass is 32.1. The number of hydrogen-bond acceptors (Lipinski definition) is 5. The number of rotatable bonds is 4. The number of amides is 2. The number of thiocarbonyl (C=S) groups is 1. The Bertz CT molecular complexity index is 601. The number of nitrogens with zero attached hydrogens (tertiary/aromatic N) is 4. The third kappa shape index (κ3) is 3.04. The lowest BCUT2D eigenvalue weighted by molar-refractivity contribution is -0.142. The largest absolute Gasteiger partial charge is 0.287 e. The highest BCUT2D eigenvalue weighted by Crippen LogP contribution is 2.19. The standard InChI is InChI=1S/C15H18N4O2S/c1-4-18-13(20)12(14(21)19(5-2)15(18)22)17-16-11-8-6-10(3)7-9-11/h6-9,12H,4-5H2,1-3H3. The Morgan fingerprint density at radius 1 is 1.05 bits per heavy atom. The zero-order valence-corrected chi connectivity index (χ0v) is 13.6. The molecule has 7 heteroatoms. The van der Waals surface area contributed by atoms with Crippen LogP contribution in [0.2, 0.25) is 0 Å². The van der Waals surface area contributed by atoms with Crippen LogP contribution < -0.4 is 0 Å². The van der Waals surface area contributed by atoms with Crippen molar-refractivity contribution in [2.24, 2.45) is 10.2 Å². The molecule has 0 saturated carbocycles. The van der Waals surface area contributed by atoms with Gasteiger partial charge in [-0.05, 0) is 45.1 Å². The number of benzene rings is 1. The molecule has 116 valence electrons. The third-order valence-electron chi connectivity index (χ3n) is 3.42. The maximum atomic E-state index is 12.4. The second-order valence-corrected chi connectivity index (χ2v) is 5.27. The molecular weight excluding hydrogens is 300 g/mol. The van der Waals surface area contributed by atoms with Gasteiger partial charge >= 0.3 is 0 Å². The lowest BCUT2D eigenvalue weighted by Crippen LogP contribution is -2.61. The third-order valence-corrected chi connectivity index (χ3v) is 3.86. The summed E-state index contributed by atoms with van der Waals surface area (Å²) in [6.45, 7) is 6.38. The van der Waals surface area contributed by atoms with Crippen molar-refractivity contribution in [3.05, 3.63) is 29.8 Å². The molecule has 1 aromatic carbocycles. The van der Waals surface area contributed by atoms with Gasteiger partial charge in [-0.2, -0.15) is 10.2 Å². The smallest absolute Gasteiger partial charge is 0.265 e. The molecule has 0 N–H and O–H groups in total. The van der Waals surface area contributed by atoms with Crippen LogP contribution in [0.15, 0.2) is 34.5 Å². The fraction of sp³-hybridized carbons (Fsp3) is 0.400. The zero-order valence-electron chi connectivity index (χ0n) is 12.8. The second kappa shape index (κ2) is 6.74. The maximum absolute atomic E-state index is 12.4. The maximum Gasteiger partial charge on any atom is 0.265 e. The minimum atomic E-state index is -1.16. The predicted molar refractivity (Wildman–Crippen MR) is 86.9 cm³/mol. The molecule has 1 heterocycles. The minimum absolute atomic E-state index is 0.238. The van der Waals surface area contributed by atoms with Gasteiger partial charge in [0, 0.05) is 13.1 Å². The predicted octanol–water partition coefficient (Wildman–Crippen LogP) is 2.44. The zero-order chi connectivity index (χ0) is 16.3. The molecule has 1 saturated heterocycles.